The number of fused-ring (bicyclic) bond motifs is 5. The first kappa shape index (κ1) is 77.8. The van der Waals surface area contributed by atoms with Crippen LogP contribution in [-0.2, 0) is 89.9 Å². The monoisotopic (exact) mass is 1470 g/mol. The van der Waals surface area contributed by atoms with Crippen molar-refractivity contribution in [1.82, 2.24) is 67.4 Å². The van der Waals surface area contributed by atoms with E-state index in [1.54, 1.807) is 0 Å². The average molecular weight is 1470 g/mol. The molecule has 3 aromatic heterocycles. The number of hydrogen-bond acceptors (Lipinski definition) is 16. The van der Waals surface area contributed by atoms with Gasteiger partial charge in [0, 0.05) is 108 Å². The van der Waals surface area contributed by atoms with Gasteiger partial charge in [-0.05, 0) is 143 Å². The van der Waals surface area contributed by atoms with Gasteiger partial charge in [0.15, 0.2) is 0 Å². The number of amides is 10. The fraction of sp³-hybridized carbons (Fsp3) is 0.417. The van der Waals surface area contributed by atoms with E-state index in [0.29, 0.717) is 64.1 Å². The molecule has 28 nitrogen and oxygen atoms in total. The largest absolute Gasteiger partial charge is 0.508 e. The van der Waals surface area contributed by atoms with E-state index in [0.717, 1.165) is 25.0 Å². The highest BCUT2D eigenvalue weighted by Crippen LogP contribution is 2.32. The van der Waals surface area contributed by atoms with Crippen LogP contribution in [0.25, 0.3) is 21.8 Å². The van der Waals surface area contributed by atoms with Crippen LogP contribution in [0.2, 0.25) is 0 Å². The van der Waals surface area contributed by atoms with Gasteiger partial charge in [0.25, 0.3) is 0 Å². The molecule has 0 aliphatic carbocycles. The first-order valence-electron chi connectivity index (χ1n) is 34.1. The van der Waals surface area contributed by atoms with Crippen molar-refractivity contribution in [3.63, 3.8) is 0 Å². The summed E-state index contributed by atoms with van der Waals surface area (Å²) in [7, 11) is 0. The number of benzene rings is 4. The number of unbranched alkanes of at least 4 members (excludes halogenated alkanes) is 1. The highest BCUT2D eigenvalue weighted by Gasteiger charge is 2.49. The lowest BCUT2D eigenvalue weighted by Crippen LogP contribution is -2.65. The predicted octanol–water partition coefficient (Wildman–Crippen LogP) is 3.20. The van der Waals surface area contributed by atoms with Crippen LogP contribution in [-0.4, -0.2) is 179 Å². The van der Waals surface area contributed by atoms with Crippen molar-refractivity contribution in [2.45, 2.75) is 157 Å². The molecule has 7 aromatic rings. The molecule has 32 heteroatoms. The number of aromatic hydroxyl groups is 1. The number of hydrogen-bond donors (Lipinski definition) is 15. The second-order valence-electron chi connectivity index (χ2n) is 26.8. The number of carboxylic acid groups (broad SMARTS) is 1. The fourth-order valence-corrected chi connectivity index (χ4v) is 14.4. The van der Waals surface area contributed by atoms with Gasteiger partial charge in [-0.2, -0.15) is 23.5 Å². The van der Waals surface area contributed by atoms with Gasteiger partial charge in [-0.15, -0.1) is 0 Å². The standard InChI is InChI=1S/C72H87F2N15O13S2/c1-39-62(93)83-54(27-43-32-78-51-18-14-45(73)29-49(43)51)64(95)84-55(28-44-33-79-52-19-15-46(74)30-50(44)52)66(97)88-60(71(2,3)70(101)102)67(98)85-56(31-47-34-77-38-80-47)65(96)86-57(26-40-12-16-48(90)17-13-40)68(99)89-23-8-21-72(89,4)69(100)87-58(61(76)92)37-104-36-42-10-7-9-41(25-42)35-103-24-20-59(91)82-53(63(94)81-39)11-5-6-22-75/h7,9-10,12-19,25,29-30,32-34,38-39,53-58,60,78-79,90H,5-6,8,11,20-24,26-28,31,35-37,75H2,1-4H3,(H2,76,92)(H,77,80)(H,81,94)(H,82,91)(H,83,93)(H,84,95)(H,85,98)(H,86,96)(H,87,100)(H,88,97)(H,101,102)/t39-,53+,54+,55+,56+,57+,58+,60-,72+/m1/s1. The number of aliphatic carboxylic acids is 1. The van der Waals surface area contributed by atoms with E-state index in [1.807, 2.05) is 24.3 Å². The lowest BCUT2D eigenvalue weighted by atomic mass is 9.83. The van der Waals surface area contributed by atoms with Gasteiger partial charge < -0.3 is 84.1 Å². The molecule has 554 valence electrons. The molecule has 2 bridgehead atoms. The van der Waals surface area contributed by atoms with Crippen molar-refractivity contribution in [3.05, 3.63) is 155 Å². The number of H-pyrrole nitrogens is 3. The number of thioether (sulfide) groups is 2. The van der Waals surface area contributed by atoms with Crippen LogP contribution in [0.3, 0.4) is 0 Å². The molecule has 0 unspecified atom stereocenters. The number of nitrogens with one attached hydrogen (secondary N) is 11. The van der Waals surface area contributed by atoms with Crippen molar-refractivity contribution in [1.29, 1.82) is 0 Å². The summed E-state index contributed by atoms with van der Waals surface area (Å²) in [5, 5.41) is 43.1. The first-order chi connectivity index (χ1) is 49.6. The molecule has 1 fully saturated rings. The van der Waals surface area contributed by atoms with E-state index in [9.17, 15) is 43.4 Å². The third-order valence-corrected chi connectivity index (χ3v) is 20.8. The van der Waals surface area contributed by atoms with Crippen molar-refractivity contribution in [3.8, 4) is 5.75 Å². The normalized spacial score (nSPS) is 23.3. The Morgan fingerprint density at radius 3 is 1.84 bits per heavy atom. The molecular formula is C72H87F2N15O13S2. The number of nitrogens with zero attached hydrogens (tertiary/aromatic N) is 2. The summed E-state index contributed by atoms with van der Waals surface area (Å²) in [6.07, 6.45) is 5.49. The van der Waals surface area contributed by atoms with Gasteiger partial charge in [-0.1, -0.05) is 36.4 Å². The number of carbonyl (C=O) groups is 11. The number of aromatic nitrogens is 4. The molecule has 2 aliphatic rings. The van der Waals surface area contributed by atoms with Crippen LogP contribution in [0.1, 0.15) is 99.7 Å². The molecule has 4 aromatic carbocycles. The topological polar surface area (TPSA) is 440 Å². The van der Waals surface area contributed by atoms with Crippen LogP contribution in [0, 0.1) is 17.0 Å². The van der Waals surface area contributed by atoms with E-state index in [2.05, 4.69) is 62.5 Å². The summed E-state index contributed by atoms with van der Waals surface area (Å²) in [6.45, 7) is 5.39. The fourth-order valence-electron chi connectivity index (χ4n) is 12.5. The van der Waals surface area contributed by atoms with Crippen LogP contribution in [0.15, 0.2) is 110 Å². The van der Waals surface area contributed by atoms with E-state index in [-0.39, 0.29) is 66.9 Å². The van der Waals surface area contributed by atoms with Gasteiger partial charge in [0.2, 0.25) is 59.1 Å². The zero-order valence-electron chi connectivity index (χ0n) is 57.8. The van der Waals surface area contributed by atoms with Crippen molar-refractivity contribution >= 4 is 110 Å². The number of rotatable bonds is 15. The molecule has 104 heavy (non-hydrogen) atoms. The van der Waals surface area contributed by atoms with Crippen LogP contribution < -0.4 is 54.0 Å². The minimum absolute atomic E-state index is 0.00211. The predicted molar refractivity (Wildman–Crippen MR) is 385 cm³/mol. The number of carboxylic acids is 1. The number of phenols is 1. The van der Waals surface area contributed by atoms with Gasteiger partial charge >= 0.3 is 5.97 Å². The quantitative estimate of drug-likeness (QED) is 0.0655. The summed E-state index contributed by atoms with van der Waals surface area (Å²) in [4.78, 5) is 174. The smallest absolute Gasteiger partial charge is 0.311 e. The molecule has 10 amide bonds. The Labute approximate surface area is 606 Å². The molecule has 5 heterocycles. The Kier molecular flexibility index (Phi) is 26.4. The molecular weight excluding hydrogens is 1390 g/mol. The molecule has 0 radical (unpaired) electrons. The Morgan fingerprint density at radius 2 is 1.24 bits per heavy atom. The number of halogens is 2. The molecule has 9 atom stereocenters. The number of imidazole rings is 1. The molecule has 9 rings (SSSR count). The van der Waals surface area contributed by atoms with Crippen LogP contribution in [0.5, 0.6) is 5.75 Å². The molecule has 0 spiro atoms. The van der Waals surface area contributed by atoms with Crippen LogP contribution >= 0.6 is 23.5 Å². The van der Waals surface area contributed by atoms with E-state index in [4.69, 9.17) is 11.5 Å². The van der Waals surface area contributed by atoms with Crippen LogP contribution in [0.4, 0.5) is 8.78 Å². The zero-order valence-corrected chi connectivity index (χ0v) is 59.5. The Hall–Kier alpha value is -10.3. The highest BCUT2D eigenvalue weighted by molar-refractivity contribution is 7.98. The van der Waals surface area contributed by atoms with Gasteiger partial charge in [-0.3, -0.25) is 52.7 Å². The summed E-state index contributed by atoms with van der Waals surface area (Å²) in [6, 6.07) is 8.37. The number of carbonyl (C=O) groups excluding carboxylic acids is 10. The van der Waals surface area contributed by atoms with E-state index < -0.39 is 155 Å². The second-order valence-corrected chi connectivity index (χ2v) is 29.0. The summed E-state index contributed by atoms with van der Waals surface area (Å²) in [5.41, 5.74) is 11.7. The molecule has 0 saturated carbocycles. The van der Waals surface area contributed by atoms with E-state index in [1.165, 1.54) is 128 Å². The zero-order chi connectivity index (χ0) is 75.0. The minimum Gasteiger partial charge on any atom is -0.508 e. The summed E-state index contributed by atoms with van der Waals surface area (Å²) < 4.78 is 30.1. The second kappa shape index (κ2) is 35.2. The molecule has 17 N–H and O–H groups in total. The Bertz CT molecular complexity index is 4290. The number of phenolic OH excluding ortho intramolecular Hbond substituents is 1. The first-order valence-corrected chi connectivity index (χ1v) is 36.4. The number of primary amides is 1. The lowest BCUT2D eigenvalue weighted by molar-refractivity contribution is -0.153. The minimum atomic E-state index is -2.27. The van der Waals surface area contributed by atoms with Crippen molar-refractivity contribution in [2.24, 2.45) is 16.9 Å². The van der Waals surface area contributed by atoms with Gasteiger partial charge in [-0.25, -0.2) is 13.8 Å². The maximum atomic E-state index is 15.4. The lowest BCUT2D eigenvalue weighted by Gasteiger charge is -2.37. The number of nitrogens with two attached hydrogens (primary N) is 2. The van der Waals surface area contributed by atoms with E-state index >= 15 is 28.4 Å². The Balaban J connectivity index is 1.09. The molecule has 1 saturated heterocycles. The van der Waals surface area contributed by atoms with Crippen molar-refractivity contribution < 1.29 is 71.7 Å². The summed E-state index contributed by atoms with van der Waals surface area (Å²) >= 11 is 2.79. The molecule has 2 aliphatic heterocycles. The maximum Gasteiger partial charge on any atom is 0.311 e. The maximum absolute atomic E-state index is 15.4. The highest BCUT2D eigenvalue weighted by atomic mass is 32.2. The third kappa shape index (κ3) is 20.1. The van der Waals surface area contributed by atoms with Crippen molar-refractivity contribution in [2.75, 3.05) is 24.6 Å². The summed E-state index contributed by atoms with van der Waals surface area (Å²) in [5.74, 6) is -10.8. The SMILES string of the molecule is C[C@H]1NC(=O)[C@H](CCCCN)NC(=O)CCSCc2cccc(c2)CSC[C@@H](C(N)=O)NC(=O)[C@]2(C)CCCN2C(=O)[C@H](Cc2ccc(O)cc2)NC(=O)[C@H](Cc2cnc[nH]2)NC(=O)[C@H](C(C)(C)C(=O)O)NC(=O)[C@H](Cc2c[nH]c3ccc(F)cc23)NC(=O)[C@H](Cc2c[nH]c3ccc(F)cc23)NC1=O. The Morgan fingerprint density at radius 1 is 0.663 bits per heavy atom. The van der Waals surface area contributed by atoms with Gasteiger partial charge in [0.05, 0.1) is 11.7 Å². The van der Waals surface area contributed by atoms with Gasteiger partial charge in [0.1, 0.15) is 71.3 Å². The number of aromatic amines is 3. The average Bonchev–Trinajstić information content (AvgIpc) is 1.58. The third-order valence-electron chi connectivity index (χ3n) is 18.7.